The van der Waals surface area contributed by atoms with Crippen LogP contribution in [0.25, 0.3) is 0 Å². The first-order chi connectivity index (χ1) is 8.38. The van der Waals surface area contributed by atoms with E-state index >= 15 is 0 Å². The zero-order valence-corrected chi connectivity index (χ0v) is 11.0. The van der Waals surface area contributed by atoms with Crippen LogP contribution in [0.4, 0.5) is 0 Å². The van der Waals surface area contributed by atoms with Crippen molar-refractivity contribution < 1.29 is 13.2 Å². The summed E-state index contributed by atoms with van der Waals surface area (Å²) in [7, 11) is -3.22. The van der Waals surface area contributed by atoms with Gasteiger partial charge in [0.15, 0.2) is 9.84 Å². The predicted octanol–water partition coefficient (Wildman–Crippen LogP) is 0.263. The van der Waals surface area contributed by atoms with Gasteiger partial charge in [0.1, 0.15) is 0 Å². The zero-order valence-electron chi connectivity index (χ0n) is 10.2. The highest BCUT2D eigenvalue weighted by Crippen LogP contribution is 2.15. The van der Waals surface area contributed by atoms with Crippen LogP contribution in [0.3, 0.4) is 0 Å². The van der Waals surface area contributed by atoms with Gasteiger partial charge < -0.3 is 10.6 Å². The topological polar surface area (TPSA) is 80.5 Å². The van der Waals surface area contributed by atoms with Gasteiger partial charge in [-0.3, -0.25) is 4.79 Å². The minimum Gasteiger partial charge on any atom is -0.337 e. The fraction of sp³-hybridized carbons (Fsp3) is 0.417. The maximum atomic E-state index is 12.1. The number of carbonyl (C=O) groups excluding carboxylic acids is 1. The lowest BCUT2D eigenvalue weighted by molar-refractivity contribution is 0.0791. The van der Waals surface area contributed by atoms with Crippen molar-refractivity contribution in [2.24, 2.45) is 5.73 Å². The maximum absolute atomic E-state index is 12.1. The molecule has 1 saturated heterocycles. The highest BCUT2D eigenvalue weighted by atomic mass is 32.2. The summed E-state index contributed by atoms with van der Waals surface area (Å²) < 4.78 is 22.6. The van der Waals surface area contributed by atoms with Crippen molar-refractivity contribution in [1.82, 2.24) is 4.90 Å². The van der Waals surface area contributed by atoms with Gasteiger partial charge in [0.2, 0.25) is 0 Å². The Labute approximate surface area is 107 Å². The van der Waals surface area contributed by atoms with Crippen molar-refractivity contribution in [3.8, 4) is 0 Å². The van der Waals surface area contributed by atoms with E-state index in [1.807, 2.05) is 0 Å². The molecule has 5 nitrogen and oxygen atoms in total. The molecule has 1 aliphatic rings. The summed E-state index contributed by atoms with van der Waals surface area (Å²) in [5, 5.41) is 0. The summed E-state index contributed by atoms with van der Waals surface area (Å²) in [4.78, 5) is 14.0. The quantitative estimate of drug-likeness (QED) is 0.834. The molecule has 98 valence electrons. The number of hydrogen-bond acceptors (Lipinski definition) is 4. The van der Waals surface area contributed by atoms with Crippen LogP contribution in [0.2, 0.25) is 0 Å². The molecule has 6 heteroatoms. The maximum Gasteiger partial charge on any atom is 0.253 e. The molecule has 1 aromatic carbocycles. The van der Waals surface area contributed by atoms with Crippen molar-refractivity contribution in [3.05, 3.63) is 29.8 Å². The lowest BCUT2D eigenvalue weighted by Crippen LogP contribution is -2.31. The van der Waals surface area contributed by atoms with Crippen LogP contribution >= 0.6 is 0 Å². The normalized spacial score (nSPS) is 20.1. The van der Waals surface area contributed by atoms with E-state index in [0.29, 0.717) is 18.7 Å². The Morgan fingerprint density at radius 3 is 2.39 bits per heavy atom. The molecule has 0 radical (unpaired) electrons. The van der Waals surface area contributed by atoms with E-state index in [1.165, 1.54) is 12.1 Å². The fourth-order valence-electron chi connectivity index (χ4n) is 2.00. The van der Waals surface area contributed by atoms with E-state index in [0.717, 1.165) is 12.7 Å². The summed E-state index contributed by atoms with van der Waals surface area (Å²) in [5.41, 5.74) is 6.25. The second-order valence-electron chi connectivity index (χ2n) is 4.60. The molecule has 1 atom stereocenters. The van der Waals surface area contributed by atoms with Gasteiger partial charge in [-0.25, -0.2) is 8.42 Å². The number of benzene rings is 1. The molecule has 0 spiro atoms. The van der Waals surface area contributed by atoms with E-state index in [1.54, 1.807) is 17.0 Å². The number of hydrogen-bond donors (Lipinski definition) is 1. The molecule has 2 rings (SSSR count). The Morgan fingerprint density at radius 1 is 1.33 bits per heavy atom. The lowest BCUT2D eigenvalue weighted by Gasteiger charge is -2.15. The first-order valence-electron chi connectivity index (χ1n) is 5.73. The molecule has 1 aliphatic heterocycles. The second kappa shape index (κ2) is 4.70. The van der Waals surface area contributed by atoms with Crippen LogP contribution < -0.4 is 5.73 Å². The third kappa shape index (κ3) is 2.70. The second-order valence-corrected chi connectivity index (χ2v) is 6.61. The first kappa shape index (κ1) is 13.0. The predicted molar refractivity (Wildman–Crippen MR) is 68.0 cm³/mol. The van der Waals surface area contributed by atoms with E-state index in [-0.39, 0.29) is 16.8 Å². The zero-order chi connectivity index (χ0) is 13.3. The Balaban J connectivity index is 2.17. The molecule has 0 unspecified atom stereocenters. The molecule has 1 aromatic rings. The van der Waals surface area contributed by atoms with Gasteiger partial charge in [0.05, 0.1) is 4.90 Å². The summed E-state index contributed by atoms with van der Waals surface area (Å²) in [5.74, 6) is -0.0944. The summed E-state index contributed by atoms with van der Waals surface area (Å²) in [6.45, 7) is 1.22. The van der Waals surface area contributed by atoms with Gasteiger partial charge in [-0.1, -0.05) is 0 Å². The van der Waals surface area contributed by atoms with Crippen LogP contribution in [0.5, 0.6) is 0 Å². The molecule has 18 heavy (non-hydrogen) atoms. The Kier molecular flexibility index (Phi) is 3.41. The summed E-state index contributed by atoms with van der Waals surface area (Å²) >= 11 is 0. The van der Waals surface area contributed by atoms with Crippen molar-refractivity contribution in [2.75, 3.05) is 19.3 Å². The molecule has 0 aromatic heterocycles. The highest BCUT2D eigenvalue weighted by Gasteiger charge is 2.24. The van der Waals surface area contributed by atoms with Crippen LogP contribution in [0, 0.1) is 0 Å². The minimum atomic E-state index is -3.22. The Hall–Kier alpha value is -1.40. The molecular weight excluding hydrogens is 252 g/mol. The van der Waals surface area contributed by atoms with Gasteiger partial charge in [0.25, 0.3) is 5.91 Å². The SMILES string of the molecule is CS(=O)(=O)c1ccc(C(=O)N2CC[C@H](N)C2)cc1. The van der Waals surface area contributed by atoms with Crippen LogP contribution in [0.1, 0.15) is 16.8 Å². The lowest BCUT2D eigenvalue weighted by atomic mass is 10.2. The number of sulfone groups is 1. The molecule has 1 amide bonds. The van der Waals surface area contributed by atoms with Crippen molar-refractivity contribution in [2.45, 2.75) is 17.4 Å². The fourth-order valence-corrected chi connectivity index (χ4v) is 2.63. The van der Waals surface area contributed by atoms with Crippen LogP contribution in [0.15, 0.2) is 29.2 Å². The molecule has 1 fully saturated rings. The van der Waals surface area contributed by atoms with Crippen LogP contribution in [-0.4, -0.2) is 44.6 Å². The van der Waals surface area contributed by atoms with E-state index in [2.05, 4.69) is 0 Å². The molecule has 0 bridgehead atoms. The first-order valence-corrected chi connectivity index (χ1v) is 7.62. The number of nitrogens with zero attached hydrogens (tertiary/aromatic N) is 1. The van der Waals surface area contributed by atoms with E-state index < -0.39 is 9.84 Å². The number of carbonyl (C=O) groups is 1. The smallest absolute Gasteiger partial charge is 0.253 e. The standard InChI is InChI=1S/C12H16N2O3S/c1-18(16,17)11-4-2-9(3-5-11)12(15)14-7-6-10(13)8-14/h2-5,10H,6-8,13H2,1H3/t10-/m0/s1. The number of likely N-dealkylation sites (tertiary alicyclic amines) is 1. The Bertz CT molecular complexity index is 551. The monoisotopic (exact) mass is 268 g/mol. The van der Waals surface area contributed by atoms with Gasteiger partial charge in [0, 0.05) is 31.0 Å². The molecule has 2 N–H and O–H groups in total. The highest BCUT2D eigenvalue weighted by molar-refractivity contribution is 7.90. The minimum absolute atomic E-state index is 0.0456. The molecule has 1 heterocycles. The largest absolute Gasteiger partial charge is 0.337 e. The third-order valence-corrected chi connectivity index (χ3v) is 4.17. The average molecular weight is 268 g/mol. The Morgan fingerprint density at radius 2 is 1.94 bits per heavy atom. The third-order valence-electron chi connectivity index (χ3n) is 3.04. The summed E-state index contributed by atoms with van der Waals surface area (Å²) in [6.07, 6.45) is 1.95. The molecular formula is C12H16N2O3S. The number of amides is 1. The van der Waals surface area contributed by atoms with Crippen molar-refractivity contribution >= 4 is 15.7 Å². The summed E-state index contributed by atoms with van der Waals surface area (Å²) in [6, 6.07) is 6.05. The van der Waals surface area contributed by atoms with Gasteiger partial charge in [-0.2, -0.15) is 0 Å². The molecule has 0 saturated carbocycles. The van der Waals surface area contributed by atoms with Gasteiger partial charge in [-0.15, -0.1) is 0 Å². The molecule has 0 aliphatic carbocycles. The van der Waals surface area contributed by atoms with Gasteiger partial charge in [-0.05, 0) is 30.7 Å². The number of nitrogens with two attached hydrogens (primary N) is 1. The van der Waals surface area contributed by atoms with E-state index in [9.17, 15) is 13.2 Å². The number of rotatable bonds is 2. The van der Waals surface area contributed by atoms with Gasteiger partial charge >= 0.3 is 0 Å². The van der Waals surface area contributed by atoms with E-state index in [4.69, 9.17) is 5.73 Å². The van der Waals surface area contributed by atoms with Crippen LogP contribution in [-0.2, 0) is 9.84 Å². The van der Waals surface area contributed by atoms with Crippen molar-refractivity contribution in [1.29, 1.82) is 0 Å². The average Bonchev–Trinajstić information content (AvgIpc) is 2.74. The van der Waals surface area contributed by atoms with Crippen molar-refractivity contribution in [3.63, 3.8) is 0 Å².